The third-order valence-electron chi connectivity index (χ3n) is 3.47. The summed E-state index contributed by atoms with van der Waals surface area (Å²) in [6, 6.07) is 4.88. The van der Waals surface area contributed by atoms with Crippen molar-refractivity contribution in [3.05, 3.63) is 23.8 Å². The first-order valence-electron chi connectivity index (χ1n) is 6.89. The number of methoxy groups -OCH3 is 1. The van der Waals surface area contributed by atoms with E-state index in [2.05, 4.69) is 4.72 Å². The van der Waals surface area contributed by atoms with Gasteiger partial charge >= 0.3 is 0 Å². The van der Waals surface area contributed by atoms with Gasteiger partial charge in [-0.25, -0.2) is 13.1 Å². The number of sulfonamides is 1. The predicted octanol–water partition coefficient (Wildman–Crippen LogP) is 3.14. The van der Waals surface area contributed by atoms with Crippen LogP contribution in [0.1, 0.15) is 46.1 Å². The molecule has 1 atom stereocenters. The van der Waals surface area contributed by atoms with Gasteiger partial charge in [-0.05, 0) is 42.5 Å². The van der Waals surface area contributed by atoms with E-state index < -0.39 is 10.0 Å². The molecule has 0 radical (unpaired) electrons. The third-order valence-corrected chi connectivity index (χ3v) is 5.03. The van der Waals surface area contributed by atoms with Crippen LogP contribution < -0.4 is 9.46 Å². The summed E-state index contributed by atoms with van der Waals surface area (Å²) in [6.07, 6.45) is 0. The van der Waals surface area contributed by atoms with Crippen LogP contribution in [-0.4, -0.2) is 21.6 Å². The number of benzene rings is 1. The van der Waals surface area contributed by atoms with E-state index >= 15 is 0 Å². The Hall–Kier alpha value is -1.07. The van der Waals surface area contributed by atoms with Gasteiger partial charge in [0, 0.05) is 6.04 Å². The van der Waals surface area contributed by atoms with Gasteiger partial charge in [0.05, 0.1) is 12.0 Å². The summed E-state index contributed by atoms with van der Waals surface area (Å²) in [6.45, 7) is 9.87. The van der Waals surface area contributed by atoms with E-state index in [1.54, 1.807) is 25.3 Å². The third kappa shape index (κ3) is 3.96. The van der Waals surface area contributed by atoms with E-state index in [1.807, 2.05) is 34.6 Å². The largest absolute Gasteiger partial charge is 0.496 e. The zero-order valence-corrected chi connectivity index (χ0v) is 13.9. The van der Waals surface area contributed by atoms with E-state index in [-0.39, 0.29) is 22.8 Å². The van der Waals surface area contributed by atoms with Crippen LogP contribution in [0.15, 0.2) is 23.1 Å². The lowest BCUT2D eigenvalue weighted by Crippen LogP contribution is -2.36. The van der Waals surface area contributed by atoms with Crippen LogP contribution in [0.5, 0.6) is 5.75 Å². The summed E-state index contributed by atoms with van der Waals surface area (Å²) in [5, 5.41) is 0. The topological polar surface area (TPSA) is 55.4 Å². The molecular formula is C15H25NO3S. The number of hydrogen-bond donors (Lipinski definition) is 1. The second-order valence-corrected chi connectivity index (χ2v) is 7.43. The molecule has 0 saturated heterocycles. The molecule has 20 heavy (non-hydrogen) atoms. The summed E-state index contributed by atoms with van der Waals surface area (Å²) in [5.74, 6) is 1.16. The zero-order chi connectivity index (χ0) is 15.5. The molecule has 1 aromatic rings. The highest BCUT2D eigenvalue weighted by molar-refractivity contribution is 7.89. The van der Waals surface area contributed by atoms with Crippen LogP contribution in [0.4, 0.5) is 0 Å². The molecular weight excluding hydrogens is 274 g/mol. The molecule has 0 saturated carbocycles. The maximum Gasteiger partial charge on any atom is 0.240 e. The minimum absolute atomic E-state index is 0.107. The molecule has 0 heterocycles. The van der Waals surface area contributed by atoms with E-state index in [1.165, 1.54) is 0 Å². The standard InChI is InChI=1S/C15H25NO3S/c1-10(2)12(5)16-20(17,18)13-7-8-15(19-6)14(9-13)11(3)4/h7-12,16H,1-6H3/t12-/m0/s1. The zero-order valence-electron chi connectivity index (χ0n) is 13.1. The van der Waals surface area contributed by atoms with Crippen molar-refractivity contribution in [2.75, 3.05) is 7.11 Å². The predicted molar refractivity (Wildman–Crippen MR) is 81.7 cm³/mol. The van der Waals surface area contributed by atoms with Crippen molar-refractivity contribution in [2.24, 2.45) is 5.92 Å². The van der Waals surface area contributed by atoms with E-state index in [4.69, 9.17) is 4.74 Å². The number of ether oxygens (including phenoxy) is 1. The summed E-state index contributed by atoms with van der Waals surface area (Å²) >= 11 is 0. The maximum atomic E-state index is 12.4. The Morgan fingerprint density at radius 3 is 2.15 bits per heavy atom. The van der Waals surface area contributed by atoms with Gasteiger partial charge in [0.2, 0.25) is 10.0 Å². The molecule has 0 aliphatic carbocycles. The van der Waals surface area contributed by atoms with Crippen molar-refractivity contribution < 1.29 is 13.2 Å². The van der Waals surface area contributed by atoms with Crippen molar-refractivity contribution in [3.63, 3.8) is 0 Å². The van der Waals surface area contributed by atoms with Crippen molar-refractivity contribution in [2.45, 2.75) is 51.5 Å². The Morgan fingerprint density at radius 2 is 1.70 bits per heavy atom. The number of nitrogens with one attached hydrogen (secondary N) is 1. The highest BCUT2D eigenvalue weighted by Gasteiger charge is 2.21. The summed E-state index contributed by atoms with van der Waals surface area (Å²) in [7, 11) is -1.90. The Kier molecular flexibility index (Phi) is 5.59. The number of rotatable bonds is 6. The highest BCUT2D eigenvalue weighted by atomic mass is 32.2. The van der Waals surface area contributed by atoms with E-state index in [9.17, 15) is 8.42 Å². The Labute approximate surface area is 122 Å². The van der Waals surface area contributed by atoms with Gasteiger partial charge in [0.1, 0.15) is 5.75 Å². The fourth-order valence-corrected chi connectivity index (χ4v) is 3.21. The van der Waals surface area contributed by atoms with Crippen LogP contribution in [0, 0.1) is 5.92 Å². The molecule has 0 bridgehead atoms. The number of hydrogen-bond acceptors (Lipinski definition) is 3. The molecule has 1 aromatic carbocycles. The van der Waals surface area contributed by atoms with Gasteiger partial charge in [-0.2, -0.15) is 0 Å². The molecule has 0 aliphatic heterocycles. The highest BCUT2D eigenvalue weighted by Crippen LogP contribution is 2.29. The molecule has 0 amide bonds. The van der Waals surface area contributed by atoms with E-state index in [0.29, 0.717) is 0 Å². The van der Waals surface area contributed by atoms with Gasteiger partial charge in [-0.15, -0.1) is 0 Å². The normalized spacial score (nSPS) is 13.8. The van der Waals surface area contributed by atoms with Gasteiger partial charge in [-0.1, -0.05) is 27.7 Å². The second-order valence-electron chi connectivity index (χ2n) is 5.71. The minimum Gasteiger partial charge on any atom is -0.496 e. The molecule has 0 spiro atoms. The van der Waals surface area contributed by atoms with Gasteiger partial charge in [-0.3, -0.25) is 0 Å². The molecule has 4 nitrogen and oxygen atoms in total. The first-order valence-corrected chi connectivity index (χ1v) is 8.37. The fourth-order valence-electron chi connectivity index (χ4n) is 1.78. The SMILES string of the molecule is COc1ccc(S(=O)(=O)N[C@@H](C)C(C)C)cc1C(C)C. The Morgan fingerprint density at radius 1 is 1.10 bits per heavy atom. The lowest BCUT2D eigenvalue weighted by Gasteiger charge is -2.19. The Balaban J connectivity index is 3.16. The molecule has 0 aromatic heterocycles. The summed E-state index contributed by atoms with van der Waals surface area (Å²) in [4.78, 5) is 0.287. The minimum atomic E-state index is -3.49. The van der Waals surface area contributed by atoms with Crippen molar-refractivity contribution in [1.82, 2.24) is 4.72 Å². The van der Waals surface area contributed by atoms with Crippen LogP contribution >= 0.6 is 0 Å². The smallest absolute Gasteiger partial charge is 0.240 e. The molecule has 0 aliphatic rings. The van der Waals surface area contributed by atoms with Crippen molar-refractivity contribution in [3.8, 4) is 5.75 Å². The maximum absolute atomic E-state index is 12.4. The average molecular weight is 299 g/mol. The monoisotopic (exact) mass is 299 g/mol. The molecule has 0 unspecified atom stereocenters. The van der Waals surface area contributed by atoms with Crippen LogP contribution in [-0.2, 0) is 10.0 Å². The Bertz CT molecular complexity index is 550. The summed E-state index contributed by atoms with van der Waals surface area (Å²) in [5.41, 5.74) is 0.896. The van der Waals surface area contributed by atoms with Gasteiger partial charge in [0.25, 0.3) is 0 Å². The van der Waals surface area contributed by atoms with Gasteiger partial charge in [0.15, 0.2) is 0 Å². The molecule has 1 rings (SSSR count). The first kappa shape index (κ1) is 17.0. The molecule has 1 N–H and O–H groups in total. The van der Waals surface area contributed by atoms with Crippen molar-refractivity contribution in [1.29, 1.82) is 0 Å². The fraction of sp³-hybridized carbons (Fsp3) is 0.600. The average Bonchev–Trinajstić information content (AvgIpc) is 2.37. The second kappa shape index (κ2) is 6.59. The quantitative estimate of drug-likeness (QED) is 0.878. The molecule has 0 fully saturated rings. The van der Waals surface area contributed by atoms with E-state index in [0.717, 1.165) is 11.3 Å². The van der Waals surface area contributed by atoms with Crippen LogP contribution in [0.25, 0.3) is 0 Å². The lowest BCUT2D eigenvalue weighted by molar-refractivity contribution is 0.407. The van der Waals surface area contributed by atoms with Crippen LogP contribution in [0.2, 0.25) is 0 Å². The summed E-state index contributed by atoms with van der Waals surface area (Å²) < 4.78 is 32.7. The van der Waals surface area contributed by atoms with Crippen molar-refractivity contribution >= 4 is 10.0 Å². The molecule has 5 heteroatoms. The molecule has 114 valence electrons. The van der Waals surface area contributed by atoms with Crippen LogP contribution in [0.3, 0.4) is 0 Å². The van der Waals surface area contributed by atoms with Gasteiger partial charge < -0.3 is 4.74 Å². The first-order chi connectivity index (χ1) is 9.19. The lowest BCUT2D eigenvalue weighted by atomic mass is 10.0.